The molecule has 0 saturated heterocycles. The van der Waals surface area contributed by atoms with Crippen molar-refractivity contribution in [3.05, 3.63) is 65.7 Å². The van der Waals surface area contributed by atoms with E-state index in [-0.39, 0.29) is 22.3 Å². The minimum Gasteiger partial charge on any atom is -0.481 e. The largest absolute Gasteiger partial charge is 0.481 e. The number of aromatic nitrogens is 2. The molecule has 1 aliphatic carbocycles. The third-order valence-corrected chi connectivity index (χ3v) is 6.20. The lowest BCUT2D eigenvalue weighted by Gasteiger charge is -2.28. The highest BCUT2D eigenvalue weighted by Crippen LogP contribution is 2.57. The van der Waals surface area contributed by atoms with Crippen molar-refractivity contribution < 1.29 is 32.6 Å². The molecule has 0 unspecified atom stereocenters. The third kappa shape index (κ3) is 3.70. The quantitative estimate of drug-likeness (QED) is 0.484. The zero-order valence-electron chi connectivity index (χ0n) is 17.9. The van der Waals surface area contributed by atoms with Gasteiger partial charge in [0.15, 0.2) is 0 Å². The number of carboxylic acid groups (broad SMARTS) is 1. The van der Waals surface area contributed by atoms with E-state index in [0.29, 0.717) is 24.9 Å². The van der Waals surface area contributed by atoms with Gasteiger partial charge in [0.2, 0.25) is 5.60 Å². The molecule has 3 aromatic rings. The van der Waals surface area contributed by atoms with Gasteiger partial charge in [-0.05, 0) is 55.5 Å². The van der Waals surface area contributed by atoms with Gasteiger partial charge in [0.1, 0.15) is 5.82 Å². The van der Waals surface area contributed by atoms with Gasteiger partial charge in [-0.25, -0.2) is 4.39 Å². The minimum atomic E-state index is -5.06. The number of aryl methyl sites for hydroxylation is 1. The molecule has 174 valence electrons. The molecule has 0 saturated carbocycles. The summed E-state index contributed by atoms with van der Waals surface area (Å²) in [6.07, 6.45) is -1.14. The van der Waals surface area contributed by atoms with Crippen LogP contribution in [0.4, 0.5) is 17.6 Å². The SMILES string of the molecule is CC(C)(CCCn1cc(-c2cc(F)cc3c2-c2ccccc2[C@]3(O)C(F)(F)F)cn1)C(=O)O. The molecule has 0 fully saturated rings. The molecule has 33 heavy (non-hydrogen) atoms. The van der Waals surface area contributed by atoms with Crippen LogP contribution in [0.5, 0.6) is 0 Å². The molecule has 0 spiro atoms. The molecule has 1 aliphatic rings. The van der Waals surface area contributed by atoms with Crippen molar-refractivity contribution in [3.63, 3.8) is 0 Å². The number of fused-ring (bicyclic) bond motifs is 3. The summed E-state index contributed by atoms with van der Waals surface area (Å²) in [6, 6.07) is 7.48. The Morgan fingerprint density at radius 3 is 2.48 bits per heavy atom. The van der Waals surface area contributed by atoms with Crippen LogP contribution in [-0.4, -0.2) is 32.1 Å². The van der Waals surface area contributed by atoms with E-state index < -0.39 is 34.5 Å². The van der Waals surface area contributed by atoms with Crippen molar-refractivity contribution in [2.45, 2.75) is 45.0 Å². The summed E-state index contributed by atoms with van der Waals surface area (Å²) in [4.78, 5) is 11.3. The van der Waals surface area contributed by atoms with E-state index >= 15 is 0 Å². The summed E-state index contributed by atoms with van der Waals surface area (Å²) < 4.78 is 58.2. The van der Waals surface area contributed by atoms with Crippen molar-refractivity contribution in [2.75, 3.05) is 0 Å². The van der Waals surface area contributed by atoms with E-state index in [0.717, 1.165) is 12.1 Å². The first kappa shape index (κ1) is 23.0. The van der Waals surface area contributed by atoms with Gasteiger partial charge in [-0.3, -0.25) is 9.48 Å². The van der Waals surface area contributed by atoms with E-state index in [1.807, 2.05) is 0 Å². The molecule has 2 N–H and O–H groups in total. The zero-order chi connectivity index (χ0) is 24.2. The predicted octanol–water partition coefficient (Wildman–Crippen LogP) is 5.36. The maximum atomic E-state index is 14.5. The molecule has 1 atom stereocenters. The molecule has 0 radical (unpaired) electrons. The normalized spacial score (nSPS) is 17.7. The Labute approximate surface area is 187 Å². The molecular formula is C24H22F4N2O3. The standard InChI is InChI=1S/C24H22F4N2O3/c1-22(2,21(31)32)8-5-9-30-13-14(12-29-30)17-10-15(25)11-19-20(17)16-6-3-4-7-18(16)23(19,33)24(26,27)28/h3-4,6-7,10-13,33H,5,8-9H2,1-2H3,(H,31,32)/t23-/m1/s1. The molecular weight excluding hydrogens is 440 g/mol. The number of carboxylic acids is 1. The maximum absolute atomic E-state index is 14.5. The van der Waals surface area contributed by atoms with Crippen molar-refractivity contribution in [1.82, 2.24) is 9.78 Å². The lowest BCUT2D eigenvalue weighted by Crippen LogP contribution is -2.41. The van der Waals surface area contributed by atoms with Crippen LogP contribution < -0.4 is 0 Å². The van der Waals surface area contributed by atoms with Crippen LogP contribution >= 0.6 is 0 Å². The number of alkyl halides is 3. The molecule has 5 nitrogen and oxygen atoms in total. The van der Waals surface area contributed by atoms with Gasteiger partial charge in [0.25, 0.3) is 0 Å². The second kappa shape index (κ2) is 7.69. The van der Waals surface area contributed by atoms with E-state index in [1.54, 1.807) is 30.8 Å². The molecule has 2 aromatic carbocycles. The number of carbonyl (C=O) groups is 1. The summed E-state index contributed by atoms with van der Waals surface area (Å²) in [6.45, 7) is 3.63. The summed E-state index contributed by atoms with van der Waals surface area (Å²) in [5, 5.41) is 24.3. The fraction of sp³-hybridized carbons (Fsp3) is 0.333. The molecule has 0 amide bonds. The topological polar surface area (TPSA) is 75.3 Å². The van der Waals surface area contributed by atoms with E-state index in [4.69, 9.17) is 0 Å². The molecule has 0 aliphatic heterocycles. The van der Waals surface area contributed by atoms with Crippen LogP contribution in [0.1, 0.15) is 37.8 Å². The molecule has 0 bridgehead atoms. The Kier molecular flexibility index (Phi) is 5.35. The molecule has 4 rings (SSSR count). The maximum Gasteiger partial charge on any atom is 0.425 e. The number of hydrogen-bond donors (Lipinski definition) is 2. The lowest BCUT2D eigenvalue weighted by atomic mass is 9.88. The highest BCUT2D eigenvalue weighted by molar-refractivity contribution is 5.92. The fourth-order valence-corrected chi connectivity index (χ4v) is 4.29. The highest BCUT2D eigenvalue weighted by atomic mass is 19.4. The summed E-state index contributed by atoms with van der Waals surface area (Å²) in [7, 11) is 0. The summed E-state index contributed by atoms with van der Waals surface area (Å²) >= 11 is 0. The second-order valence-electron chi connectivity index (χ2n) is 8.91. The Balaban J connectivity index is 1.75. The van der Waals surface area contributed by atoms with Crippen molar-refractivity contribution >= 4 is 5.97 Å². The Hall–Kier alpha value is -3.20. The van der Waals surface area contributed by atoms with Crippen LogP contribution in [-0.2, 0) is 16.9 Å². The number of aliphatic carboxylic acids is 1. The van der Waals surface area contributed by atoms with Gasteiger partial charge >= 0.3 is 12.1 Å². The Bertz CT molecular complexity index is 1230. The average molecular weight is 462 g/mol. The van der Waals surface area contributed by atoms with Crippen molar-refractivity contribution in [1.29, 1.82) is 0 Å². The van der Waals surface area contributed by atoms with Gasteiger partial charge < -0.3 is 10.2 Å². The number of rotatable bonds is 6. The van der Waals surface area contributed by atoms with Crippen molar-refractivity contribution in [3.8, 4) is 22.3 Å². The smallest absolute Gasteiger partial charge is 0.425 e. The van der Waals surface area contributed by atoms with E-state index in [1.165, 1.54) is 24.4 Å². The van der Waals surface area contributed by atoms with Crippen LogP contribution in [0.2, 0.25) is 0 Å². The second-order valence-corrected chi connectivity index (χ2v) is 8.91. The first-order valence-electron chi connectivity index (χ1n) is 10.4. The van der Waals surface area contributed by atoms with Gasteiger partial charge in [-0.1, -0.05) is 24.3 Å². The Morgan fingerprint density at radius 1 is 1.12 bits per heavy atom. The van der Waals surface area contributed by atoms with Crippen LogP contribution in [0.3, 0.4) is 0 Å². The van der Waals surface area contributed by atoms with Gasteiger partial charge in [-0.15, -0.1) is 0 Å². The molecule has 9 heteroatoms. The number of benzene rings is 2. The van der Waals surface area contributed by atoms with E-state index in [9.17, 15) is 32.6 Å². The number of aliphatic hydroxyl groups is 1. The first-order chi connectivity index (χ1) is 15.4. The molecule has 1 aromatic heterocycles. The van der Waals surface area contributed by atoms with Crippen LogP contribution in [0.15, 0.2) is 48.8 Å². The fourth-order valence-electron chi connectivity index (χ4n) is 4.29. The average Bonchev–Trinajstić information content (AvgIpc) is 3.29. The zero-order valence-corrected chi connectivity index (χ0v) is 17.9. The van der Waals surface area contributed by atoms with Crippen molar-refractivity contribution in [2.24, 2.45) is 5.41 Å². The van der Waals surface area contributed by atoms with Crippen LogP contribution in [0, 0.1) is 11.2 Å². The number of halogens is 4. The summed E-state index contributed by atoms with van der Waals surface area (Å²) in [5.41, 5.74) is -4.25. The number of hydrogen-bond acceptors (Lipinski definition) is 3. The first-order valence-corrected chi connectivity index (χ1v) is 10.4. The predicted molar refractivity (Wildman–Crippen MR) is 113 cm³/mol. The third-order valence-electron chi connectivity index (χ3n) is 6.20. The highest BCUT2D eigenvalue weighted by Gasteiger charge is 2.61. The van der Waals surface area contributed by atoms with Gasteiger partial charge in [-0.2, -0.15) is 18.3 Å². The molecule has 1 heterocycles. The minimum absolute atomic E-state index is 0.110. The lowest BCUT2D eigenvalue weighted by molar-refractivity contribution is -0.246. The van der Waals surface area contributed by atoms with Gasteiger partial charge in [0.05, 0.1) is 11.6 Å². The monoisotopic (exact) mass is 462 g/mol. The van der Waals surface area contributed by atoms with Gasteiger partial charge in [0, 0.05) is 29.4 Å². The van der Waals surface area contributed by atoms with Crippen LogP contribution in [0.25, 0.3) is 22.3 Å². The number of nitrogens with zero attached hydrogens (tertiary/aromatic N) is 2. The summed E-state index contributed by atoms with van der Waals surface area (Å²) in [5.74, 6) is -1.81. The van der Waals surface area contributed by atoms with E-state index in [2.05, 4.69) is 5.10 Å². The Morgan fingerprint density at radius 2 is 1.82 bits per heavy atom.